The first-order chi connectivity index (χ1) is 11.4. The van der Waals surface area contributed by atoms with Crippen molar-refractivity contribution in [1.82, 2.24) is 9.97 Å². The summed E-state index contributed by atoms with van der Waals surface area (Å²) >= 11 is 5.59. The van der Waals surface area contributed by atoms with Gasteiger partial charge in [0.05, 0.1) is 5.88 Å². The number of benzene rings is 1. The average Bonchev–Trinajstić information content (AvgIpc) is 2.52. The van der Waals surface area contributed by atoms with Crippen molar-refractivity contribution in [3.63, 3.8) is 0 Å². The molecule has 0 fully saturated rings. The lowest BCUT2D eigenvalue weighted by atomic mass is 9.95. The Hall–Kier alpha value is -2.25. The van der Waals surface area contributed by atoms with Gasteiger partial charge in [-0.25, -0.2) is 4.98 Å². The smallest absolute Gasteiger partial charge is 0.221 e. The van der Waals surface area contributed by atoms with E-state index in [4.69, 9.17) is 17.3 Å². The standard InChI is InChI=1S/C19H23ClN4/c1-19(2,3)14-24(17-10-12-22-18(21)23-17)13-16-8-6-15(7-9-16)5-4-11-20/h6-10,12H,11,13-14H2,1-3H3,(H2,21,22,23). The van der Waals surface area contributed by atoms with E-state index in [9.17, 15) is 0 Å². The van der Waals surface area contributed by atoms with Gasteiger partial charge in [0.15, 0.2) is 0 Å². The van der Waals surface area contributed by atoms with Crippen LogP contribution in [0.2, 0.25) is 0 Å². The van der Waals surface area contributed by atoms with Crippen LogP contribution in [-0.2, 0) is 6.54 Å². The minimum absolute atomic E-state index is 0.130. The SMILES string of the molecule is CC(C)(C)CN(Cc1ccc(C#CCCl)cc1)c1ccnc(N)n1. The van der Waals surface area contributed by atoms with E-state index in [-0.39, 0.29) is 11.4 Å². The summed E-state index contributed by atoms with van der Waals surface area (Å²) < 4.78 is 0. The second kappa shape index (κ2) is 8.03. The maximum Gasteiger partial charge on any atom is 0.221 e. The first kappa shape index (κ1) is 18.1. The van der Waals surface area contributed by atoms with Crippen LogP contribution in [0.25, 0.3) is 0 Å². The third-order valence-electron chi connectivity index (χ3n) is 3.28. The Labute approximate surface area is 149 Å². The Bertz CT molecular complexity index is 724. The van der Waals surface area contributed by atoms with Crippen molar-refractivity contribution in [2.45, 2.75) is 27.3 Å². The third kappa shape index (κ3) is 5.75. The van der Waals surface area contributed by atoms with Crippen LogP contribution < -0.4 is 10.6 Å². The van der Waals surface area contributed by atoms with Gasteiger partial charge in [0.1, 0.15) is 5.82 Å². The van der Waals surface area contributed by atoms with Crippen molar-refractivity contribution in [2.75, 3.05) is 23.1 Å². The number of rotatable bonds is 4. The van der Waals surface area contributed by atoms with E-state index >= 15 is 0 Å². The summed E-state index contributed by atoms with van der Waals surface area (Å²) in [6.07, 6.45) is 1.69. The normalized spacial score (nSPS) is 10.8. The van der Waals surface area contributed by atoms with E-state index in [0.29, 0.717) is 5.88 Å². The molecule has 0 aliphatic rings. The molecule has 2 N–H and O–H groups in total. The van der Waals surface area contributed by atoms with Crippen molar-refractivity contribution < 1.29 is 0 Å². The molecule has 0 saturated heterocycles. The highest BCUT2D eigenvalue weighted by molar-refractivity contribution is 6.19. The van der Waals surface area contributed by atoms with Crippen molar-refractivity contribution in [1.29, 1.82) is 0 Å². The van der Waals surface area contributed by atoms with Crippen LogP contribution in [-0.4, -0.2) is 22.4 Å². The number of nitrogen functional groups attached to an aromatic ring is 1. The lowest BCUT2D eigenvalue weighted by molar-refractivity contribution is 0.407. The molecule has 0 radical (unpaired) electrons. The number of hydrogen-bond donors (Lipinski definition) is 1. The highest BCUT2D eigenvalue weighted by Crippen LogP contribution is 2.22. The fraction of sp³-hybridized carbons (Fsp3) is 0.368. The van der Waals surface area contributed by atoms with Gasteiger partial charge < -0.3 is 10.6 Å². The first-order valence-corrected chi connectivity index (χ1v) is 8.38. The molecule has 0 aliphatic heterocycles. The molecule has 0 atom stereocenters. The monoisotopic (exact) mass is 342 g/mol. The predicted octanol–water partition coefficient (Wildman–Crippen LogP) is 3.70. The summed E-state index contributed by atoms with van der Waals surface area (Å²) in [5.74, 6) is 7.35. The van der Waals surface area contributed by atoms with Crippen LogP contribution in [0.1, 0.15) is 31.9 Å². The predicted molar refractivity (Wildman–Crippen MR) is 101 cm³/mol. The number of anilines is 2. The van der Waals surface area contributed by atoms with E-state index in [1.165, 1.54) is 5.56 Å². The van der Waals surface area contributed by atoms with Gasteiger partial charge in [-0.3, -0.25) is 0 Å². The lowest BCUT2D eigenvalue weighted by Gasteiger charge is -2.31. The summed E-state index contributed by atoms with van der Waals surface area (Å²) in [6.45, 7) is 8.22. The minimum Gasteiger partial charge on any atom is -0.368 e. The highest BCUT2D eigenvalue weighted by atomic mass is 35.5. The number of halogens is 1. The van der Waals surface area contributed by atoms with Gasteiger partial charge in [0.2, 0.25) is 5.95 Å². The van der Waals surface area contributed by atoms with Crippen LogP contribution in [0.5, 0.6) is 0 Å². The van der Waals surface area contributed by atoms with Gasteiger partial charge in [-0.1, -0.05) is 44.7 Å². The summed E-state index contributed by atoms with van der Waals surface area (Å²) in [6, 6.07) is 10.1. The number of hydrogen-bond acceptors (Lipinski definition) is 4. The van der Waals surface area contributed by atoms with Crippen LogP contribution >= 0.6 is 11.6 Å². The number of nitrogens with two attached hydrogens (primary N) is 1. The molecule has 2 rings (SSSR count). The molecule has 5 heteroatoms. The van der Waals surface area contributed by atoms with Crippen LogP contribution in [0, 0.1) is 17.3 Å². The topological polar surface area (TPSA) is 55.0 Å². The molecule has 0 amide bonds. The molecule has 1 aromatic heterocycles. The van der Waals surface area contributed by atoms with E-state index < -0.39 is 0 Å². The Kier molecular flexibility index (Phi) is 6.05. The van der Waals surface area contributed by atoms with Crippen LogP contribution in [0.3, 0.4) is 0 Å². The molecule has 1 heterocycles. The maximum atomic E-state index is 5.75. The highest BCUT2D eigenvalue weighted by Gasteiger charge is 2.18. The molecule has 4 nitrogen and oxygen atoms in total. The zero-order valence-electron chi connectivity index (χ0n) is 14.4. The molecule has 0 unspecified atom stereocenters. The Morgan fingerprint density at radius 1 is 1.17 bits per heavy atom. The zero-order chi connectivity index (χ0) is 17.6. The molecule has 0 aliphatic carbocycles. The van der Waals surface area contributed by atoms with Gasteiger partial charge >= 0.3 is 0 Å². The first-order valence-electron chi connectivity index (χ1n) is 7.85. The van der Waals surface area contributed by atoms with E-state index in [0.717, 1.165) is 24.5 Å². The number of aromatic nitrogens is 2. The van der Waals surface area contributed by atoms with E-state index in [1.54, 1.807) is 6.20 Å². The summed E-state index contributed by atoms with van der Waals surface area (Å²) in [5.41, 5.74) is 8.03. The van der Waals surface area contributed by atoms with Crippen LogP contribution in [0.4, 0.5) is 11.8 Å². The summed E-state index contributed by atoms with van der Waals surface area (Å²) in [4.78, 5) is 10.6. The molecule has 0 bridgehead atoms. The molecule has 0 spiro atoms. The van der Waals surface area contributed by atoms with Crippen molar-refractivity contribution in [3.8, 4) is 11.8 Å². The molecular weight excluding hydrogens is 320 g/mol. The van der Waals surface area contributed by atoms with Gasteiger partial charge in [0, 0.05) is 24.8 Å². The molecule has 126 valence electrons. The lowest BCUT2D eigenvalue weighted by Crippen LogP contribution is -2.33. The zero-order valence-corrected chi connectivity index (χ0v) is 15.1. The average molecular weight is 343 g/mol. The molecule has 0 saturated carbocycles. The molecule has 2 aromatic rings. The summed E-state index contributed by atoms with van der Waals surface area (Å²) in [5, 5.41) is 0. The van der Waals surface area contributed by atoms with E-state index in [1.807, 2.05) is 18.2 Å². The molecule has 1 aromatic carbocycles. The van der Waals surface area contributed by atoms with Crippen LogP contribution in [0.15, 0.2) is 36.5 Å². The van der Waals surface area contributed by atoms with Gasteiger partial charge in [-0.05, 0) is 29.2 Å². The second-order valence-electron chi connectivity index (χ2n) is 6.82. The Morgan fingerprint density at radius 2 is 1.88 bits per heavy atom. The Balaban J connectivity index is 2.21. The molecule has 24 heavy (non-hydrogen) atoms. The third-order valence-corrected chi connectivity index (χ3v) is 3.41. The van der Waals surface area contributed by atoms with Crippen molar-refractivity contribution in [3.05, 3.63) is 47.7 Å². The fourth-order valence-electron chi connectivity index (χ4n) is 2.38. The Morgan fingerprint density at radius 3 is 2.46 bits per heavy atom. The van der Waals surface area contributed by atoms with Crippen molar-refractivity contribution >= 4 is 23.4 Å². The largest absolute Gasteiger partial charge is 0.368 e. The van der Waals surface area contributed by atoms with Gasteiger partial charge in [0.25, 0.3) is 0 Å². The fourth-order valence-corrected chi connectivity index (χ4v) is 2.45. The quantitative estimate of drug-likeness (QED) is 0.680. The van der Waals surface area contributed by atoms with Gasteiger partial charge in [-0.15, -0.1) is 11.6 Å². The summed E-state index contributed by atoms with van der Waals surface area (Å²) in [7, 11) is 0. The number of nitrogens with zero attached hydrogens (tertiary/aromatic N) is 3. The van der Waals surface area contributed by atoms with Gasteiger partial charge in [-0.2, -0.15) is 4.98 Å². The number of alkyl halides is 1. The van der Waals surface area contributed by atoms with Crippen molar-refractivity contribution in [2.24, 2.45) is 5.41 Å². The van der Waals surface area contributed by atoms with E-state index in [2.05, 4.69) is 59.6 Å². The minimum atomic E-state index is 0.130. The molecular formula is C19H23ClN4. The maximum absolute atomic E-state index is 5.75. The second-order valence-corrected chi connectivity index (χ2v) is 7.09.